The zero-order valence-electron chi connectivity index (χ0n) is 10.9. The first-order valence-electron chi connectivity index (χ1n) is 6.56. The van der Waals surface area contributed by atoms with Crippen LogP contribution >= 0.6 is 15.9 Å². The predicted octanol–water partition coefficient (Wildman–Crippen LogP) is 2.28. The van der Waals surface area contributed by atoms with E-state index in [0.717, 1.165) is 18.7 Å². The summed E-state index contributed by atoms with van der Waals surface area (Å²) >= 11 is 3.68. The summed E-state index contributed by atoms with van der Waals surface area (Å²) < 4.78 is 1.70. The van der Waals surface area contributed by atoms with Crippen molar-refractivity contribution < 1.29 is 4.79 Å². The quantitative estimate of drug-likeness (QED) is 0.867. The molecule has 4 nitrogen and oxygen atoms in total. The fourth-order valence-electron chi connectivity index (χ4n) is 2.53. The van der Waals surface area contributed by atoms with Gasteiger partial charge in [-0.2, -0.15) is 5.10 Å². The normalized spacial score (nSPS) is 23.3. The molecule has 0 bridgehead atoms. The number of carbonyl (C=O) groups is 1. The highest BCUT2D eigenvalue weighted by Gasteiger charge is 2.25. The standard InChI is InChI=1S/C13H20BrN3O/c1-3-12-10(8-17(2)16-12)13(18)15-7-9-5-4-6-11(9)14/h8-9,11H,3-7H2,1-2H3,(H,15,18). The van der Waals surface area contributed by atoms with Crippen LogP contribution in [0.5, 0.6) is 0 Å². The Morgan fingerprint density at radius 3 is 3.00 bits per heavy atom. The molecule has 1 aromatic rings. The number of hydrogen-bond acceptors (Lipinski definition) is 2. The molecule has 0 aliphatic heterocycles. The van der Waals surface area contributed by atoms with Gasteiger partial charge in [0.1, 0.15) is 0 Å². The number of nitrogens with zero attached hydrogens (tertiary/aromatic N) is 2. The summed E-state index contributed by atoms with van der Waals surface area (Å²) in [5, 5.41) is 7.33. The van der Waals surface area contributed by atoms with Gasteiger partial charge in [0.25, 0.3) is 5.91 Å². The molecule has 0 aromatic carbocycles. The van der Waals surface area contributed by atoms with Gasteiger partial charge in [-0.05, 0) is 25.2 Å². The Kier molecular flexibility index (Phi) is 4.43. The zero-order valence-corrected chi connectivity index (χ0v) is 12.5. The van der Waals surface area contributed by atoms with E-state index >= 15 is 0 Å². The van der Waals surface area contributed by atoms with Crippen LogP contribution in [0.2, 0.25) is 0 Å². The van der Waals surface area contributed by atoms with E-state index in [0.29, 0.717) is 16.3 Å². The minimum absolute atomic E-state index is 0.00606. The first-order valence-corrected chi connectivity index (χ1v) is 7.48. The van der Waals surface area contributed by atoms with Gasteiger partial charge in [-0.3, -0.25) is 9.48 Å². The van der Waals surface area contributed by atoms with Crippen LogP contribution in [0, 0.1) is 5.92 Å². The molecule has 1 aromatic heterocycles. The monoisotopic (exact) mass is 313 g/mol. The van der Waals surface area contributed by atoms with Crippen LogP contribution in [-0.2, 0) is 13.5 Å². The third kappa shape index (κ3) is 2.94. The molecule has 0 spiro atoms. The van der Waals surface area contributed by atoms with E-state index in [1.54, 1.807) is 10.9 Å². The summed E-state index contributed by atoms with van der Waals surface area (Å²) in [7, 11) is 1.85. The molecule has 2 atom stereocenters. The number of halogens is 1. The van der Waals surface area contributed by atoms with Crippen LogP contribution in [-0.4, -0.2) is 27.1 Å². The number of amides is 1. The van der Waals surface area contributed by atoms with Crippen LogP contribution < -0.4 is 5.32 Å². The predicted molar refractivity (Wildman–Crippen MR) is 75.0 cm³/mol. The molecule has 1 aliphatic rings. The van der Waals surface area contributed by atoms with Crippen molar-refractivity contribution in [2.45, 2.75) is 37.4 Å². The molecule has 18 heavy (non-hydrogen) atoms. The van der Waals surface area contributed by atoms with E-state index in [4.69, 9.17) is 0 Å². The van der Waals surface area contributed by atoms with Crippen molar-refractivity contribution in [3.05, 3.63) is 17.5 Å². The van der Waals surface area contributed by atoms with Gasteiger partial charge in [-0.25, -0.2) is 0 Å². The first kappa shape index (κ1) is 13.6. The number of nitrogens with one attached hydrogen (secondary N) is 1. The number of aromatic nitrogens is 2. The Bertz CT molecular complexity index is 430. The van der Waals surface area contributed by atoms with Crippen molar-refractivity contribution >= 4 is 21.8 Å². The Morgan fingerprint density at radius 2 is 2.39 bits per heavy atom. The van der Waals surface area contributed by atoms with Crippen LogP contribution in [0.1, 0.15) is 42.2 Å². The van der Waals surface area contributed by atoms with Gasteiger partial charge in [0.2, 0.25) is 0 Å². The largest absolute Gasteiger partial charge is 0.352 e. The minimum Gasteiger partial charge on any atom is -0.352 e. The maximum Gasteiger partial charge on any atom is 0.254 e. The van der Waals surface area contributed by atoms with Crippen molar-refractivity contribution in [1.29, 1.82) is 0 Å². The van der Waals surface area contributed by atoms with Crippen molar-refractivity contribution in [2.24, 2.45) is 13.0 Å². The van der Waals surface area contributed by atoms with E-state index in [9.17, 15) is 4.79 Å². The number of aryl methyl sites for hydroxylation is 2. The van der Waals surface area contributed by atoms with Gasteiger partial charge in [-0.15, -0.1) is 0 Å². The van der Waals surface area contributed by atoms with Crippen molar-refractivity contribution in [2.75, 3.05) is 6.54 Å². The molecular weight excluding hydrogens is 294 g/mol. The summed E-state index contributed by atoms with van der Waals surface area (Å²) in [5.74, 6) is 0.572. The van der Waals surface area contributed by atoms with Crippen LogP contribution in [0.15, 0.2) is 6.20 Å². The lowest BCUT2D eigenvalue weighted by Crippen LogP contribution is -2.31. The second-order valence-electron chi connectivity index (χ2n) is 4.93. The average molecular weight is 314 g/mol. The van der Waals surface area contributed by atoms with Gasteiger partial charge in [0, 0.05) is 24.6 Å². The van der Waals surface area contributed by atoms with Crippen LogP contribution in [0.3, 0.4) is 0 Å². The minimum atomic E-state index is 0.00606. The number of alkyl halides is 1. The van der Waals surface area contributed by atoms with Gasteiger partial charge < -0.3 is 5.32 Å². The van der Waals surface area contributed by atoms with Gasteiger partial charge >= 0.3 is 0 Å². The second kappa shape index (κ2) is 5.87. The molecule has 2 rings (SSSR count). The zero-order chi connectivity index (χ0) is 13.1. The third-order valence-corrected chi connectivity index (χ3v) is 4.78. The average Bonchev–Trinajstić information content (AvgIpc) is 2.92. The molecule has 1 aliphatic carbocycles. The highest BCUT2D eigenvalue weighted by Crippen LogP contribution is 2.30. The molecule has 1 fully saturated rings. The van der Waals surface area contributed by atoms with E-state index in [1.807, 2.05) is 14.0 Å². The summed E-state index contributed by atoms with van der Waals surface area (Å²) in [6.07, 6.45) is 6.25. The summed E-state index contributed by atoms with van der Waals surface area (Å²) in [4.78, 5) is 12.7. The van der Waals surface area contributed by atoms with Gasteiger partial charge in [-0.1, -0.05) is 29.3 Å². The number of hydrogen-bond donors (Lipinski definition) is 1. The highest BCUT2D eigenvalue weighted by molar-refractivity contribution is 9.09. The second-order valence-corrected chi connectivity index (χ2v) is 6.11. The number of rotatable bonds is 4. The molecule has 1 N–H and O–H groups in total. The first-order chi connectivity index (χ1) is 8.61. The van der Waals surface area contributed by atoms with Crippen molar-refractivity contribution in [3.63, 3.8) is 0 Å². The van der Waals surface area contributed by atoms with Gasteiger partial charge in [0.05, 0.1) is 11.3 Å². The van der Waals surface area contributed by atoms with Crippen LogP contribution in [0.4, 0.5) is 0 Å². The summed E-state index contributed by atoms with van der Waals surface area (Å²) in [5.41, 5.74) is 1.58. The van der Waals surface area contributed by atoms with Crippen LogP contribution in [0.25, 0.3) is 0 Å². The lowest BCUT2D eigenvalue weighted by atomic mass is 10.1. The molecule has 0 saturated heterocycles. The SMILES string of the molecule is CCc1nn(C)cc1C(=O)NCC1CCCC1Br. The molecule has 100 valence electrons. The Labute approximate surface area is 116 Å². The topological polar surface area (TPSA) is 46.9 Å². The van der Waals surface area contributed by atoms with E-state index in [2.05, 4.69) is 26.3 Å². The van der Waals surface area contributed by atoms with Crippen molar-refractivity contribution in [3.8, 4) is 0 Å². The van der Waals surface area contributed by atoms with E-state index < -0.39 is 0 Å². The highest BCUT2D eigenvalue weighted by atomic mass is 79.9. The molecular formula is C13H20BrN3O. The smallest absolute Gasteiger partial charge is 0.254 e. The van der Waals surface area contributed by atoms with E-state index in [-0.39, 0.29) is 5.91 Å². The Balaban J connectivity index is 1.94. The third-order valence-electron chi connectivity index (χ3n) is 3.58. The summed E-state index contributed by atoms with van der Waals surface area (Å²) in [6, 6.07) is 0. The molecule has 1 amide bonds. The summed E-state index contributed by atoms with van der Waals surface area (Å²) in [6.45, 7) is 2.78. The molecule has 5 heteroatoms. The fourth-order valence-corrected chi connectivity index (χ4v) is 3.30. The maximum absolute atomic E-state index is 12.1. The molecule has 1 saturated carbocycles. The van der Waals surface area contributed by atoms with Gasteiger partial charge in [0.15, 0.2) is 0 Å². The number of carbonyl (C=O) groups excluding carboxylic acids is 1. The lowest BCUT2D eigenvalue weighted by molar-refractivity contribution is 0.0947. The van der Waals surface area contributed by atoms with Crippen molar-refractivity contribution in [1.82, 2.24) is 15.1 Å². The molecule has 2 unspecified atom stereocenters. The molecule has 0 radical (unpaired) electrons. The fraction of sp³-hybridized carbons (Fsp3) is 0.692. The Hall–Kier alpha value is -0.840. The lowest BCUT2D eigenvalue weighted by Gasteiger charge is -2.14. The Morgan fingerprint density at radius 1 is 1.61 bits per heavy atom. The maximum atomic E-state index is 12.1. The van der Waals surface area contributed by atoms with E-state index in [1.165, 1.54) is 19.3 Å². The molecule has 1 heterocycles.